The smallest absolute Gasteiger partial charge is 0.250 e. The minimum atomic E-state index is -1.19. The number of imidazole rings is 1. The first kappa shape index (κ1) is 28.9. The molecular formula is C29H36N6O5. The molecule has 11 nitrogen and oxygen atoms in total. The molecule has 4 N–H and O–H groups in total. The summed E-state index contributed by atoms with van der Waals surface area (Å²) in [5.74, 6) is -0.877. The van der Waals surface area contributed by atoms with Crippen LogP contribution in [0.2, 0.25) is 0 Å². The molecule has 4 rings (SSSR count). The van der Waals surface area contributed by atoms with Crippen molar-refractivity contribution in [1.82, 2.24) is 19.8 Å². The van der Waals surface area contributed by atoms with Gasteiger partial charge < -0.3 is 35.3 Å². The summed E-state index contributed by atoms with van der Waals surface area (Å²) >= 11 is 0. The van der Waals surface area contributed by atoms with Crippen molar-refractivity contribution in [2.24, 2.45) is 5.73 Å². The van der Waals surface area contributed by atoms with E-state index in [1.165, 1.54) is 6.33 Å². The molecule has 1 fully saturated rings. The van der Waals surface area contributed by atoms with Crippen molar-refractivity contribution >= 4 is 23.5 Å². The van der Waals surface area contributed by atoms with Gasteiger partial charge in [0.15, 0.2) is 5.82 Å². The van der Waals surface area contributed by atoms with E-state index < -0.39 is 29.4 Å². The van der Waals surface area contributed by atoms with Gasteiger partial charge in [0.25, 0.3) is 5.91 Å². The van der Waals surface area contributed by atoms with Gasteiger partial charge in [0, 0.05) is 19.3 Å². The third kappa shape index (κ3) is 7.75. The molecule has 1 aliphatic rings. The Hall–Kier alpha value is -4.06. The minimum absolute atomic E-state index is 0.0780. The molecule has 2 atom stereocenters. The van der Waals surface area contributed by atoms with Crippen LogP contribution < -0.4 is 16.4 Å². The van der Waals surface area contributed by atoms with Crippen molar-refractivity contribution in [3.8, 4) is 0 Å². The Morgan fingerprint density at radius 1 is 1.05 bits per heavy atom. The summed E-state index contributed by atoms with van der Waals surface area (Å²) in [6.45, 7) is 5.27. The summed E-state index contributed by atoms with van der Waals surface area (Å²) in [7, 11) is 0. The number of ether oxygens (including phenoxy) is 2. The van der Waals surface area contributed by atoms with E-state index in [-0.39, 0.29) is 24.9 Å². The summed E-state index contributed by atoms with van der Waals surface area (Å²) in [5, 5.41) is 5.41. The maximum absolute atomic E-state index is 13.5. The Bertz CT molecular complexity index is 1270. The van der Waals surface area contributed by atoms with Crippen LogP contribution >= 0.6 is 0 Å². The molecule has 2 heterocycles. The van der Waals surface area contributed by atoms with E-state index in [4.69, 9.17) is 15.2 Å². The second kappa shape index (κ2) is 13.3. The number of morpholine rings is 1. The zero-order chi connectivity index (χ0) is 28.5. The van der Waals surface area contributed by atoms with Crippen molar-refractivity contribution in [2.45, 2.75) is 38.1 Å². The van der Waals surface area contributed by atoms with Crippen LogP contribution in [0.25, 0.3) is 0 Å². The summed E-state index contributed by atoms with van der Waals surface area (Å²) in [6, 6.07) is 17.2. The predicted molar refractivity (Wildman–Crippen MR) is 149 cm³/mol. The molecule has 0 radical (unpaired) electrons. The first-order chi connectivity index (χ1) is 19.2. The van der Waals surface area contributed by atoms with Crippen LogP contribution in [-0.4, -0.2) is 76.7 Å². The number of aromatic nitrogens is 2. The second-order valence-electron chi connectivity index (χ2n) is 10.2. The maximum atomic E-state index is 13.5. The lowest BCUT2D eigenvalue weighted by Gasteiger charge is -2.31. The largest absolute Gasteiger partial charge is 0.378 e. The lowest BCUT2D eigenvalue weighted by Crippen LogP contribution is -2.56. The number of nitrogens with zero attached hydrogens (tertiary/aromatic N) is 3. The van der Waals surface area contributed by atoms with Crippen LogP contribution in [0.5, 0.6) is 0 Å². The van der Waals surface area contributed by atoms with E-state index in [2.05, 4.69) is 15.6 Å². The molecule has 2 aromatic carbocycles. The van der Waals surface area contributed by atoms with Gasteiger partial charge in [0.2, 0.25) is 11.8 Å². The maximum Gasteiger partial charge on any atom is 0.250 e. The number of carbonyl (C=O) groups is 3. The molecule has 0 bridgehead atoms. The molecule has 3 amide bonds. The van der Waals surface area contributed by atoms with E-state index in [0.29, 0.717) is 26.3 Å². The predicted octanol–water partition coefficient (Wildman–Crippen LogP) is 1.71. The van der Waals surface area contributed by atoms with Gasteiger partial charge in [-0.25, -0.2) is 4.98 Å². The molecule has 1 aliphatic heterocycles. The average Bonchev–Trinajstić information content (AvgIpc) is 3.41. The van der Waals surface area contributed by atoms with Crippen molar-refractivity contribution in [3.63, 3.8) is 0 Å². The zero-order valence-electron chi connectivity index (χ0n) is 22.8. The van der Waals surface area contributed by atoms with E-state index in [0.717, 1.165) is 11.1 Å². The van der Waals surface area contributed by atoms with Crippen LogP contribution in [0.1, 0.15) is 31.0 Å². The van der Waals surface area contributed by atoms with Crippen LogP contribution in [0, 0.1) is 0 Å². The Morgan fingerprint density at radius 3 is 2.35 bits per heavy atom. The summed E-state index contributed by atoms with van der Waals surface area (Å²) in [6.07, 6.45) is 3.11. The molecule has 40 heavy (non-hydrogen) atoms. The quantitative estimate of drug-likeness (QED) is 0.331. The number of anilines is 1. The summed E-state index contributed by atoms with van der Waals surface area (Å²) in [5.41, 5.74) is 6.47. The van der Waals surface area contributed by atoms with Gasteiger partial charge in [-0.2, -0.15) is 0 Å². The number of benzene rings is 2. The minimum Gasteiger partial charge on any atom is -0.378 e. The highest BCUT2D eigenvalue weighted by molar-refractivity contribution is 5.98. The molecule has 0 spiro atoms. The fourth-order valence-corrected chi connectivity index (χ4v) is 4.19. The Balaban J connectivity index is 1.49. The standard InChI is InChI=1S/C29H36N6O5/c1-29(2,30)28(38)32-23(19-40-18-21-9-5-3-6-10-21)26(36)33-24-17-35(20-31-24)25(22-11-7-4-8-12-22)27(37)34-13-15-39-16-14-34/h3-12,17,20,23,25H,13-16,18-19,30H2,1-2H3,(H,32,38)(H,33,36)/t23-,25?/m1/s1. The van der Waals surface area contributed by atoms with E-state index in [1.807, 2.05) is 60.7 Å². The fraction of sp³-hybridized carbons (Fsp3) is 0.379. The van der Waals surface area contributed by atoms with E-state index >= 15 is 0 Å². The molecule has 11 heteroatoms. The first-order valence-corrected chi connectivity index (χ1v) is 13.2. The SMILES string of the molecule is CC(C)(N)C(=O)N[C@H](COCc1ccccc1)C(=O)Nc1cn(C(C(=O)N2CCOCC2)c2ccccc2)cn1. The van der Waals surface area contributed by atoms with Crippen molar-refractivity contribution in [3.05, 3.63) is 84.3 Å². The van der Waals surface area contributed by atoms with Gasteiger partial charge in [-0.05, 0) is 25.0 Å². The van der Waals surface area contributed by atoms with Gasteiger partial charge in [0.05, 0.1) is 38.3 Å². The number of carbonyl (C=O) groups excluding carboxylic acids is 3. The molecule has 212 valence electrons. The Kier molecular flexibility index (Phi) is 9.65. The number of rotatable bonds is 11. The molecule has 0 saturated carbocycles. The van der Waals surface area contributed by atoms with Crippen LogP contribution in [0.4, 0.5) is 5.82 Å². The van der Waals surface area contributed by atoms with Crippen LogP contribution in [-0.2, 0) is 30.5 Å². The summed E-state index contributed by atoms with van der Waals surface area (Å²) < 4.78 is 12.8. The van der Waals surface area contributed by atoms with Crippen molar-refractivity contribution in [1.29, 1.82) is 0 Å². The average molecular weight is 549 g/mol. The van der Waals surface area contributed by atoms with Crippen LogP contribution in [0.15, 0.2) is 73.2 Å². The first-order valence-electron chi connectivity index (χ1n) is 13.2. The van der Waals surface area contributed by atoms with Gasteiger partial charge >= 0.3 is 0 Å². The number of nitrogens with two attached hydrogens (primary N) is 1. The zero-order valence-corrected chi connectivity index (χ0v) is 22.8. The molecule has 1 unspecified atom stereocenters. The summed E-state index contributed by atoms with van der Waals surface area (Å²) in [4.78, 5) is 45.5. The lowest BCUT2D eigenvalue weighted by atomic mass is 10.1. The van der Waals surface area contributed by atoms with Crippen molar-refractivity contribution in [2.75, 3.05) is 38.2 Å². The van der Waals surface area contributed by atoms with Gasteiger partial charge in [-0.15, -0.1) is 0 Å². The third-order valence-electron chi connectivity index (χ3n) is 6.43. The number of nitrogens with one attached hydrogen (secondary N) is 2. The molecular weight excluding hydrogens is 512 g/mol. The van der Waals surface area contributed by atoms with Gasteiger partial charge in [0.1, 0.15) is 12.1 Å². The van der Waals surface area contributed by atoms with Gasteiger partial charge in [-0.3, -0.25) is 14.4 Å². The topological polar surface area (TPSA) is 141 Å². The molecule has 3 aromatic rings. The molecule has 1 saturated heterocycles. The lowest BCUT2D eigenvalue weighted by molar-refractivity contribution is -0.137. The molecule has 0 aliphatic carbocycles. The number of amides is 3. The highest BCUT2D eigenvalue weighted by Gasteiger charge is 2.31. The Labute approximate surface area is 233 Å². The normalized spacial score (nSPS) is 15.2. The Morgan fingerprint density at radius 2 is 1.70 bits per heavy atom. The van der Waals surface area contributed by atoms with E-state index in [1.54, 1.807) is 29.5 Å². The van der Waals surface area contributed by atoms with Crippen molar-refractivity contribution < 1.29 is 23.9 Å². The van der Waals surface area contributed by atoms with E-state index in [9.17, 15) is 14.4 Å². The molecule has 1 aromatic heterocycles. The second-order valence-corrected chi connectivity index (χ2v) is 10.2. The highest BCUT2D eigenvalue weighted by Crippen LogP contribution is 2.23. The van der Waals surface area contributed by atoms with Gasteiger partial charge in [-0.1, -0.05) is 60.7 Å². The number of hydrogen-bond acceptors (Lipinski definition) is 7. The third-order valence-corrected chi connectivity index (χ3v) is 6.43. The fourth-order valence-electron chi connectivity index (χ4n) is 4.19. The number of hydrogen-bond donors (Lipinski definition) is 3. The monoisotopic (exact) mass is 548 g/mol. The van der Waals surface area contributed by atoms with Crippen LogP contribution in [0.3, 0.4) is 0 Å². The highest BCUT2D eigenvalue weighted by atomic mass is 16.5.